The molecule has 0 unspecified atom stereocenters. The Hall–Kier alpha value is -5.70. The van der Waals surface area contributed by atoms with Gasteiger partial charge >= 0.3 is 0 Å². The largest absolute Gasteiger partial charge is 0.491 e. The van der Waals surface area contributed by atoms with Gasteiger partial charge in [0.2, 0.25) is 5.78 Å². The molecule has 1 N–H and O–H groups in total. The molecule has 1 amide bonds. The zero-order chi connectivity index (χ0) is 49.6. The van der Waals surface area contributed by atoms with Gasteiger partial charge in [-0.2, -0.15) is 0 Å². The number of rotatable bonds is 15. The van der Waals surface area contributed by atoms with Crippen molar-refractivity contribution in [3.63, 3.8) is 0 Å². The molecule has 6 rings (SSSR count). The van der Waals surface area contributed by atoms with E-state index in [9.17, 15) is 26.4 Å². The zero-order valence-corrected chi connectivity index (χ0v) is 42.8. The molecule has 2 aromatic carbocycles. The van der Waals surface area contributed by atoms with E-state index in [0.717, 1.165) is 10.00 Å². The summed E-state index contributed by atoms with van der Waals surface area (Å²) >= 11 is 15.2. The molecular formula is C46H50BrCl2N7O9S2. The molecule has 0 saturated heterocycles. The lowest BCUT2D eigenvalue weighted by Crippen LogP contribution is -2.33. The highest BCUT2D eigenvalue weighted by Crippen LogP contribution is 2.32. The third-order valence-corrected chi connectivity index (χ3v) is 13.0. The molecule has 0 aliphatic carbocycles. The minimum absolute atomic E-state index is 0.000556. The van der Waals surface area contributed by atoms with Crippen molar-refractivity contribution in [2.75, 3.05) is 37.0 Å². The highest BCUT2D eigenvalue weighted by molar-refractivity contribution is 9.10. The van der Waals surface area contributed by atoms with Crippen LogP contribution in [0.1, 0.15) is 65.5 Å². The number of carbonyl (C=O) groups is 2. The van der Waals surface area contributed by atoms with Gasteiger partial charge in [-0.25, -0.2) is 31.1 Å². The summed E-state index contributed by atoms with van der Waals surface area (Å²) in [6.07, 6.45) is 5.93. The first-order valence-electron chi connectivity index (χ1n) is 20.2. The smallest absolute Gasteiger partial charge is 0.266 e. The molecule has 6 aromatic rings. The number of sulfonamides is 2. The average Bonchev–Trinajstić information content (AvgIpc) is 3.26. The normalized spacial score (nSPS) is 11.1. The van der Waals surface area contributed by atoms with E-state index in [0.29, 0.717) is 37.9 Å². The molecule has 356 valence electrons. The fourth-order valence-electron chi connectivity index (χ4n) is 5.74. The predicted octanol–water partition coefficient (Wildman–Crippen LogP) is 9.43. The van der Waals surface area contributed by atoms with Crippen molar-refractivity contribution in [3.05, 3.63) is 153 Å². The monoisotopic (exact) mass is 1060 g/mol. The highest BCUT2D eigenvalue weighted by atomic mass is 79.9. The molecule has 0 spiro atoms. The van der Waals surface area contributed by atoms with Crippen molar-refractivity contribution in [3.8, 4) is 11.5 Å². The summed E-state index contributed by atoms with van der Waals surface area (Å²) in [5.74, 6) is 0.686. The number of methoxy groups -OCH3 is 1. The van der Waals surface area contributed by atoms with Crippen LogP contribution in [0.4, 0.5) is 11.4 Å². The first-order valence-corrected chi connectivity index (χ1v) is 24.7. The molecule has 0 aliphatic rings. The number of benzene rings is 2. The van der Waals surface area contributed by atoms with Crippen LogP contribution in [0, 0.1) is 13.8 Å². The van der Waals surface area contributed by atoms with Crippen LogP contribution in [-0.2, 0) is 24.8 Å². The molecule has 21 heteroatoms. The van der Waals surface area contributed by atoms with Gasteiger partial charge in [-0.1, -0.05) is 23.2 Å². The number of hydrogen-bond donors (Lipinski definition) is 1. The second-order valence-electron chi connectivity index (χ2n) is 15.0. The quantitative estimate of drug-likeness (QED) is 0.0580. The van der Waals surface area contributed by atoms with Crippen LogP contribution >= 0.6 is 39.1 Å². The van der Waals surface area contributed by atoms with E-state index in [2.05, 4.69) is 40.6 Å². The third-order valence-electron chi connectivity index (χ3n) is 8.80. The summed E-state index contributed by atoms with van der Waals surface area (Å²) in [5.41, 5.74) is 2.48. The van der Waals surface area contributed by atoms with Gasteiger partial charge in [0.15, 0.2) is 0 Å². The SMILES string of the molecule is COCN(c1cc(Cl)cnc1Br)S(=O)(=O)c1ccc(OC(C)C)cc1.Cc1ncccc1C(=O)N(C)C.Cc1ncccc1C(=O)c1ncc(Cl)cc1NS(=O)(=O)c1ccc(OC(C)C)cc1. The minimum atomic E-state index is -4.00. The number of carbonyl (C=O) groups excluding carboxylic acids is 2. The van der Waals surface area contributed by atoms with E-state index in [1.165, 1.54) is 55.9 Å². The molecule has 0 saturated carbocycles. The van der Waals surface area contributed by atoms with Crippen LogP contribution in [0.5, 0.6) is 11.5 Å². The molecule has 0 bridgehead atoms. The molecule has 67 heavy (non-hydrogen) atoms. The van der Waals surface area contributed by atoms with Crippen LogP contribution in [0.2, 0.25) is 10.0 Å². The van der Waals surface area contributed by atoms with Crippen molar-refractivity contribution in [1.82, 2.24) is 24.8 Å². The molecule has 16 nitrogen and oxygen atoms in total. The lowest BCUT2D eigenvalue weighted by Gasteiger charge is -2.24. The first kappa shape index (κ1) is 53.9. The van der Waals surface area contributed by atoms with Crippen LogP contribution in [0.3, 0.4) is 0 Å². The van der Waals surface area contributed by atoms with Crippen molar-refractivity contribution >= 4 is 82.2 Å². The number of pyridine rings is 4. The Morgan fingerprint density at radius 2 is 1.21 bits per heavy atom. The number of nitrogens with zero attached hydrogens (tertiary/aromatic N) is 6. The minimum Gasteiger partial charge on any atom is -0.491 e. The second kappa shape index (κ2) is 24.4. The summed E-state index contributed by atoms with van der Waals surface area (Å²) in [4.78, 5) is 42.3. The van der Waals surface area contributed by atoms with E-state index < -0.39 is 25.8 Å². The average molecular weight is 1060 g/mol. The Bertz CT molecular complexity index is 2880. The molecule has 0 fully saturated rings. The number of aryl methyl sites for hydroxylation is 2. The Morgan fingerprint density at radius 1 is 0.716 bits per heavy atom. The highest BCUT2D eigenvalue weighted by Gasteiger charge is 2.28. The number of hydrogen-bond acceptors (Lipinski definition) is 13. The van der Waals surface area contributed by atoms with Gasteiger partial charge in [0.25, 0.3) is 26.0 Å². The number of ketones is 1. The van der Waals surface area contributed by atoms with E-state index in [4.69, 9.17) is 37.4 Å². The van der Waals surface area contributed by atoms with Crippen LogP contribution in [0.25, 0.3) is 0 Å². The lowest BCUT2D eigenvalue weighted by molar-refractivity contribution is 0.0826. The van der Waals surface area contributed by atoms with Crippen molar-refractivity contribution in [2.24, 2.45) is 0 Å². The second-order valence-corrected chi connectivity index (χ2v) is 20.1. The number of nitrogens with one attached hydrogen (secondary N) is 1. The van der Waals surface area contributed by atoms with Gasteiger partial charge in [-0.15, -0.1) is 0 Å². The van der Waals surface area contributed by atoms with Crippen molar-refractivity contribution in [1.29, 1.82) is 0 Å². The fraction of sp³-hybridized carbons (Fsp3) is 0.261. The first-order chi connectivity index (χ1) is 31.5. The van der Waals surface area contributed by atoms with Gasteiger partial charge in [-0.3, -0.25) is 24.3 Å². The number of anilines is 2. The maximum absolute atomic E-state index is 13.0. The summed E-state index contributed by atoms with van der Waals surface area (Å²) in [6, 6.07) is 21.8. The van der Waals surface area contributed by atoms with Gasteiger partial charge in [0.05, 0.1) is 49.0 Å². The van der Waals surface area contributed by atoms with Crippen LogP contribution in [-0.4, -0.2) is 93.5 Å². The number of amides is 1. The zero-order valence-electron chi connectivity index (χ0n) is 38.1. The Kier molecular flexibility index (Phi) is 19.6. The Balaban J connectivity index is 0.000000238. The van der Waals surface area contributed by atoms with Gasteiger partial charge < -0.3 is 19.1 Å². The predicted molar refractivity (Wildman–Crippen MR) is 262 cm³/mol. The fourth-order valence-corrected chi connectivity index (χ4v) is 9.03. The van der Waals surface area contributed by atoms with Crippen LogP contribution < -0.4 is 18.5 Å². The topological polar surface area (TPSA) is 200 Å². The van der Waals surface area contributed by atoms with Gasteiger partial charge in [0.1, 0.15) is 28.5 Å². The Morgan fingerprint density at radius 3 is 1.70 bits per heavy atom. The summed E-state index contributed by atoms with van der Waals surface area (Å²) < 4.78 is 71.8. The molecular weight excluding hydrogens is 1010 g/mol. The van der Waals surface area contributed by atoms with E-state index in [1.54, 1.807) is 86.8 Å². The van der Waals surface area contributed by atoms with Gasteiger partial charge in [0, 0.05) is 62.9 Å². The summed E-state index contributed by atoms with van der Waals surface area (Å²) in [5, 5.41) is 0.503. The van der Waals surface area contributed by atoms with E-state index >= 15 is 0 Å². The third kappa shape index (κ3) is 15.2. The lowest BCUT2D eigenvalue weighted by atomic mass is 10.1. The standard InChI is InChI=1S/C21H20ClN3O4S.C16H18BrClN2O4S.C9H12N2O/c1-13(2)29-16-6-8-17(9-7-16)30(27,28)25-19-11-15(22)12-24-20(19)21(26)18-5-4-10-23-14(18)3;1-11(2)24-13-4-6-14(7-5-13)25(21,22)20(10-23-3)15-8-12(18)9-19-16(15)17;1-7-8(5-4-6-10-7)9(12)11(2)3/h4-13,25H,1-3H3;4-9,11H,10H2,1-3H3;4-6H,1-3H3. The van der Waals surface area contributed by atoms with Crippen molar-refractivity contribution in [2.45, 2.75) is 63.5 Å². The van der Waals surface area contributed by atoms with E-state index in [-0.39, 0.29) is 56.7 Å². The maximum Gasteiger partial charge on any atom is 0.266 e. The molecule has 4 heterocycles. The van der Waals surface area contributed by atoms with Crippen molar-refractivity contribution < 1.29 is 40.6 Å². The summed E-state index contributed by atoms with van der Waals surface area (Å²) in [7, 11) is -3.00. The summed E-state index contributed by atoms with van der Waals surface area (Å²) in [6.45, 7) is 10.9. The number of ether oxygens (including phenoxy) is 3. The molecule has 0 atom stereocenters. The van der Waals surface area contributed by atoms with Gasteiger partial charge in [-0.05, 0) is 142 Å². The van der Waals surface area contributed by atoms with Crippen LogP contribution in [0.15, 0.2) is 124 Å². The molecule has 0 aliphatic heterocycles. The maximum atomic E-state index is 13.0. The van der Waals surface area contributed by atoms with E-state index in [1.807, 2.05) is 34.6 Å². The number of aromatic nitrogens is 4. The Labute approximate surface area is 409 Å². The molecule has 4 aromatic heterocycles. The number of halogens is 3. The molecule has 0 radical (unpaired) electrons.